The zero-order valence-corrected chi connectivity index (χ0v) is 21.4. The van der Waals surface area contributed by atoms with Crippen LogP contribution in [0, 0.1) is 0 Å². The zero-order valence-electron chi connectivity index (χ0n) is 21.4. The Morgan fingerprint density at radius 3 is 2.43 bits per heavy atom. The van der Waals surface area contributed by atoms with E-state index in [-0.39, 0.29) is 18.2 Å². The zero-order chi connectivity index (χ0) is 25.3. The fourth-order valence-corrected chi connectivity index (χ4v) is 4.08. The lowest BCUT2D eigenvalue weighted by molar-refractivity contribution is -0.147. The lowest BCUT2D eigenvalue weighted by Gasteiger charge is -2.34. The molecule has 2 rings (SSSR count). The summed E-state index contributed by atoms with van der Waals surface area (Å²) in [5.41, 5.74) is 0.357. The number of hydrogen-bond acceptors (Lipinski definition) is 6. The summed E-state index contributed by atoms with van der Waals surface area (Å²) in [6.07, 6.45) is 9.10. The number of carbonyl (C=O) groups excluding carboxylic acids is 3. The summed E-state index contributed by atoms with van der Waals surface area (Å²) in [6.45, 7) is 6.41. The third-order valence-electron chi connectivity index (χ3n) is 6.02. The Kier molecular flexibility index (Phi) is 13.8. The molecule has 1 aromatic rings. The first-order chi connectivity index (χ1) is 17.1. The minimum absolute atomic E-state index is 0.165. The molecule has 0 spiro atoms. The first-order valence-corrected chi connectivity index (χ1v) is 13.1. The molecule has 0 aromatic heterocycles. The number of para-hydroxylation sites is 1. The number of carbonyl (C=O) groups is 3. The highest BCUT2D eigenvalue weighted by Gasteiger charge is 2.36. The van der Waals surface area contributed by atoms with Crippen molar-refractivity contribution in [3.8, 4) is 5.75 Å². The van der Waals surface area contributed by atoms with Gasteiger partial charge < -0.3 is 24.4 Å². The lowest BCUT2D eigenvalue weighted by atomic mass is 10.1. The molecule has 35 heavy (non-hydrogen) atoms. The van der Waals surface area contributed by atoms with Gasteiger partial charge in [0.15, 0.2) is 0 Å². The summed E-state index contributed by atoms with van der Waals surface area (Å²) in [5.74, 6) is -0.718. The molecule has 1 atom stereocenters. The molecular formula is C27H42N2O6. The third kappa shape index (κ3) is 10.3. The second-order valence-corrected chi connectivity index (χ2v) is 8.75. The van der Waals surface area contributed by atoms with Crippen LogP contribution in [0.1, 0.15) is 82.0 Å². The predicted octanol–water partition coefficient (Wildman–Crippen LogP) is 4.12. The number of rotatable bonds is 17. The smallest absolute Gasteiger partial charge is 0.308 e. The van der Waals surface area contributed by atoms with Gasteiger partial charge in [-0.3, -0.25) is 14.4 Å². The van der Waals surface area contributed by atoms with Crippen LogP contribution in [-0.4, -0.2) is 68.2 Å². The SMILES string of the molecule is CCCCCCCCCCOC(=O)CC1C(=O)NCCN1C(=O)c1ccccc1OCCOCC. The van der Waals surface area contributed by atoms with Gasteiger partial charge in [-0.15, -0.1) is 0 Å². The number of nitrogens with one attached hydrogen (secondary N) is 1. The fourth-order valence-electron chi connectivity index (χ4n) is 4.08. The van der Waals surface area contributed by atoms with Gasteiger partial charge in [-0.1, -0.05) is 64.0 Å². The topological polar surface area (TPSA) is 94.2 Å². The molecule has 0 aliphatic carbocycles. The largest absolute Gasteiger partial charge is 0.490 e. The van der Waals surface area contributed by atoms with E-state index < -0.39 is 12.0 Å². The molecule has 1 aliphatic rings. The van der Waals surface area contributed by atoms with Gasteiger partial charge in [0, 0.05) is 19.7 Å². The second-order valence-electron chi connectivity index (χ2n) is 8.75. The van der Waals surface area contributed by atoms with Gasteiger partial charge in [0.25, 0.3) is 5.91 Å². The Labute approximate surface area is 209 Å². The van der Waals surface area contributed by atoms with Crippen molar-refractivity contribution in [3.05, 3.63) is 29.8 Å². The van der Waals surface area contributed by atoms with Crippen molar-refractivity contribution in [1.82, 2.24) is 10.2 Å². The molecule has 0 bridgehead atoms. The van der Waals surface area contributed by atoms with E-state index in [1.807, 2.05) is 6.92 Å². The number of piperazine rings is 1. The summed E-state index contributed by atoms with van der Waals surface area (Å²) >= 11 is 0. The number of nitrogens with zero attached hydrogens (tertiary/aromatic N) is 1. The number of hydrogen-bond donors (Lipinski definition) is 1. The standard InChI is InChI=1S/C27H42N2O6/c1-3-5-6-7-8-9-10-13-18-35-25(30)21-23-26(31)28-16-17-29(23)27(32)22-14-11-12-15-24(22)34-20-19-33-4-2/h11-12,14-15,23H,3-10,13,16-21H2,1-2H3,(H,28,31). The van der Waals surface area contributed by atoms with Crippen LogP contribution in [0.15, 0.2) is 24.3 Å². The normalized spacial score (nSPS) is 15.5. The van der Waals surface area contributed by atoms with Gasteiger partial charge in [0.1, 0.15) is 18.4 Å². The lowest BCUT2D eigenvalue weighted by Crippen LogP contribution is -2.57. The number of esters is 1. The number of unbranched alkanes of at least 4 members (excludes halogenated alkanes) is 7. The average molecular weight is 491 g/mol. The number of amides is 2. The number of benzene rings is 1. The molecule has 8 nitrogen and oxygen atoms in total. The van der Waals surface area contributed by atoms with Crippen molar-refractivity contribution in [2.75, 3.05) is 39.5 Å². The summed E-state index contributed by atoms with van der Waals surface area (Å²) in [7, 11) is 0. The first-order valence-electron chi connectivity index (χ1n) is 13.1. The maximum Gasteiger partial charge on any atom is 0.308 e. The first kappa shape index (κ1) is 28.6. The highest BCUT2D eigenvalue weighted by Crippen LogP contribution is 2.23. The van der Waals surface area contributed by atoms with E-state index in [9.17, 15) is 14.4 Å². The van der Waals surface area contributed by atoms with E-state index in [0.717, 1.165) is 19.3 Å². The van der Waals surface area contributed by atoms with Gasteiger partial charge in [-0.25, -0.2) is 0 Å². The van der Waals surface area contributed by atoms with Crippen LogP contribution in [0.25, 0.3) is 0 Å². The molecule has 2 amide bonds. The minimum atomic E-state index is -0.904. The van der Waals surface area contributed by atoms with Crippen LogP contribution in [0.5, 0.6) is 5.75 Å². The Hall–Kier alpha value is -2.61. The Balaban J connectivity index is 1.86. The monoisotopic (exact) mass is 490 g/mol. The van der Waals surface area contributed by atoms with Crippen LogP contribution in [-0.2, 0) is 19.1 Å². The van der Waals surface area contributed by atoms with Gasteiger partial charge in [0.05, 0.1) is 25.2 Å². The van der Waals surface area contributed by atoms with E-state index in [0.29, 0.717) is 50.8 Å². The molecule has 1 heterocycles. The minimum Gasteiger partial charge on any atom is -0.490 e. The van der Waals surface area contributed by atoms with E-state index in [2.05, 4.69) is 12.2 Å². The van der Waals surface area contributed by atoms with Gasteiger partial charge in [-0.2, -0.15) is 0 Å². The van der Waals surface area contributed by atoms with E-state index in [4.69, 9.17) is 14.2 Å². The molecule has 196 valence electrons. The van der Waals surface area contributed by atoms with Crippen molar-refractivity contribution in [2.45, 2.75) is 77.7 Å². The summed E-state index contributed by atoms with van der Waals surface area (Å²) < 4.78 is 16.4. The Bertz CT molecular complexity index is 785. The maximum atomic E-state index is 13.4. The Morgan fingerprint density at radius 2 is 1.69 bits per heavy atom. The molecule has 1 aromatic carbocycles. The molecule has 0 saturated carbocycles. The molecule has 8 heteroatoms. The van der Waals surface area contributed by atoms with Gasteiger partial charge in [-0.05, 0) is 25.5 Å². The highest BCUT2D eigenvalue weighted by atomic mass is 16.5. The molecule has 1 fully saturated rings. The van der Waals surface area contributed by atoms with E-state index >= 15 is 0 Å². The van der Waals surface area contributed by atoms with Crippen molar-refractivity contribution < 1.29 is 28.6 Å². The molecule has 1 N–H and O–H groups in total. The fraction of sp³-hybridized carbons (Fsp3) is 0.667. The van der Waals surface area contributed by atoms with Crippen molar-refractivity contribution in [1.29, 1.82) is 0 Å². The van der Waals surface area contributed by atoms with Crippen LogP contribution < -0.4 is 10.1 Å². The van der Waals surface area contributed by atoms with Crippen LogP contribution in [0.4, 0.5) is 0 Å². The Morgan fingerprint density at radius 1 is 0.971 bits per heavy atom. The third-order valence-corrected chi connectivity index (χ3v) is 6.02. The average Bonchev–Trinajstić information content (AvgIpc) is 2.86. The van der Waals surface area contributed by atoms with Crippen molar-refractivity contribution in [3.63, 3.8) is 0 Å². The highest BCUT2D eigenvalue weighted by molar-refractivity contribution is 6.01. The molecule has 1 unspecified atom stereocenters. The maximum absolute atomic E-state index is 13.4. The van der Waals surface area contributed by atoms with Crippen LogP contribution >= 0.6 is 0 Å². The van der Waals surface area contributed by atoms with Gasteiger partial charge >= 0.3 is 5.97 Å². The summed E-state index contributed by atoms with van der Waals surface area (Å²) in [5, 5.41) is 2.75. The number of ether oxygens (including phenoxy) is 3. The quantitative estimate of drug-likeness (QED) is 0.261. The molecular weight excluding hydrogens is 448 g/mol. The predicted molar refractivity (Wildman–Crippen MR) is 134 cm³/mol. The van der Waals surface area contributed by atoms with Crippen molar-refractivity contribution in [2.24, 2.45) is 0 Å². The van der Waals surface area contributed by atoms with Gasteiger partial charge in [0.2, 0.25) is 5.91 Å². The van der Waals surface area contributed by atoms with Crippen molar-refractivity contribution >= 4 is 17.8 Å². The molecule has 1 aliphatic heterocycles. The van der Waals surface area contributed by atoms with E-state index in [1.165, 1.54) is 37.0 Å². The van der Waals surface area contributed by atoms with Crippen LogP contribution in [0.3, 0.4) is 0 Å². The molecule has 0 radical (unpaired) electrons. The second kappa shape index (κ2) is 16.9. The summed E-state index contributed by atoms with van der Waals surface area (Å²) in [4.78, 5) is 39.8. The summed E-state index contributed by atoms with van der Waals surface area (Å²) in [6, 6.07) is 6.02. The van der Waals surface area contributed by atoms with E-state index in [1.54, 1.807) is 24.3 Å². The van der Waals surface area contributed by atoms with Crippen LogP contribution in [0.2, 0.25) is 0 Å². The molecule has 1 saturated heterocycles.